The molecule has 5 unspecified atom stereocenters. The van der Waals surface area contributed by atoms with Crippen LogP contribution < -0.4 is 0 Å². The van der Waals surface area contributed by atoms with Gasteiger partial charge in [0.1, 0.15) is 0 Å². The molecule has 0 aromatic carbocycles. The zero-order chi connectivity index (χ0) is 16.4. The number of allylic oxidation sites excluding steroid dienone is 4. The minimum Gasteiger partial charge on any atom is -0.465 e. The van der Waals surface area contributed by atoms with Crippen LogP contribution in [0.5, 0.6) is 0 Å². The highest BCUT2D eigenvalue weighted by molar-refractivity contribution is 7.81. The van der Waals surface area contributed by atoms with Crippen molar-refractivity contribution in [2.75, 3.05) is 6.61 Å². The maximum Gasteiger partial charge on any atom is 0.312 e. The standard InChI is InChI=1S/C19H24O3S/c1-18-6-3-12(20)9-11(18)10-15(23)16-13(18)4-7-19(2)14(16)5-8-22-17(19)21/h3,6,9,13-16,23H,4-5,7-8,10H2,1-2H3/t13?,14?,15-,16?,18?,19?/m1/s1. The Hall–Kier alpha value is -1.03. The molecule has 3 aliphatic carbocycles. The van der Waals surface area contributed by atoms with Crippen molar-refractivity contribution in [2.45, 2.75) is 44.8 Å². The molecule has 0 aromatic rings. The topological polar surface area (TPSA) is 43.4 Å². The molecule has 2 saturated carbocycles. The highest BCUT2D eigenvalue weighted by atomic mass is 32.1. The second-order valence-electron chi connectivity index (χ2n) is 8.13. The first-order valence-corrected chi connectivity index (χ1v) is 9.17. The SMILES string of the molecule is CC12C=CC(=O)C=C1C[C@@H](S)C1C2CCC2(C)C(=O)OCCC12. The van der Waals surface area contributed by atoms with Gasteiger partial charge in [-0.15, -0.1) is 0 Å². The summed E-state index contributed by atoms with van der Waals surface area (Å²) in [5, 5.41) is 0.217. The Labute approximate surface area is 142 Å². The molecule has 3 fully saturated rings. The van der Waals surface area contributed by atoms with E-state index in [2.05, 4.69) is 19.9 Å². The molecule has 0 radical (unpaired) electrons. The Balaban J connectivity index is 1.76. The summed E-state index contributed by atoms with van der Waals surface area (Å²) in [6, 6.07) is 0. The van der Waals surface area contributed by atoms with E-state index in [9.17, 15) is 9.59 Å². The van der Waals surface area contributed by atoms with E-state index in [1.165, 1.54) is 5.57 Å². The van der Waals surface area contributed by atoms with Crippen LogP contribution in [0.25, 0.3) is 0 Å². The van der Waals surface area contributed by atoms with Crippen molar-refractivity contribution in [1.29, 1.82) is 0 Å². The minimum atomic E-state index is -0.355. The molecule has 0 amide bonds. The van der Waals surface area contributed by atoms with Crippen LogP contribution in [0.15, 0.2) is 23.8 Å². The number of carbonyl (C=O) groups is 2. The second-order valence-corrected chi connectivity index (χ2v) is 8.79. The number of fused-ring (bicyclic) bond motifs is 5. The van der Waals surface area contributed by atoms with E-state index in [1.54, 1.807) is 6.08 Å². The third kappa shape index (κ3) is 2.03. The van der Waals surface area contributed by atoms with Crippen LogP contribution in [0.4, 0.5) is 0 Å². The fraction of sp³-hybridized carbons (Fsp3) is 0.684. The van der Waals surface area contributed by atoms with E-state index in [1.807, 2.05) is 6.08 Å². The van der Waals surface area contributed by atoms with Gasteiger partial charge in [0.15, 0.2) is 5.78 Å². The maximum atomic E-state index is 12.4. The van der Waals surface area contributed by atoms with Gasteiger partial charge in [0.2, 0.25) is 0 Å². The van der Waals surface area contributed by atoms with Gasteiger partial charge in [0.05, 0.1) is 12.0 Å². The first-order chi connectivity index (χ1) is 10.9. The van der Waals surface area contributed by atoms with Crippen LogP contribution in [-0.4, -0.2) is 23.6 Å². The Morgan fingerprint density at radius 1 is 1.22 bits per heavy atom. The van der Waals surface area contributed by atoms with Gasteiger partial charge in [0.25, 0.3) is 0 Å². The zero-order valence-corrected chi connectivity index (χ0v) is 14.6. The lowest BCUT2D eigenvalue weighted by Gasteiger charge is -2.59. The lowest BCUT2D eigenvalue weighted by Crippen LogP contribution is -2.57. The van der Waals surface area contributed by atoms with E-state index in [0.717, 1.165) is 25.7 Å². The van der Waals surface area contributed by atoms with Crippen molar-refractivity contribution >= 4 is 24.4 Å². The van der Waals surface area contributed by atoms with E-state index < -0.39 is 0 Å². The first kappa shape index (κ1) is 15.5. The number of thiol groups is 1. The highest BCUT2D eigenvalue weighted by Gasteiger charge is 2.60. The van der Waals surface area contributed by atoms with Crippen molar-refractivity contribution in [2.24, 2.45) is 28.6 Å². The second kappa shape index (κ2) is 4.98. The Bertz CT molecular complexity index is 637. The van der Waals surface area contributed by atoms with E-state index >= 15 is 0 Å². The summed E-state index contributed by atoms with van der Waals surface area (Å²) in [4.78, 5) is 24.2. The molecular formula is C19H24O3S. The summed E-state index contributed by atoms with van der Waals surface area (Å²) in [6.45, 7) is 4.89. The van der Waals surface area contributed by atoms with Crippen LogP contribution in [0.1, 0.15) is 39.5 Å². The molecule has 4 heteroatoms. The average molecular weight is 332 g/mol. The lowest BCUT2D eigenvalue weighted by atomic mass is 9.47. The molecule has 3 nitrogen and oxygen atoms in total. The van der Waals surface area contributed by atoms with E-state index in [4.69, 9.17) is 17.4 Å². The van der Waals surface area contributed by atoms with Crippen molar-refractivity contribution in [3.05, 3.63) is 23.8 Å². The molecule has 4 rings (SSSR count). The van der Waals surface area contributed by atoms with Gasteiger partial charge in [-0.25, -0.2) is 0 Å². The molecule has 1 saturated heterocycles. The number of hydrogen-bond acceptors (Lipinski definition) is 4. The lowest BCUT2D eigenvalue weighted by molar-refractivity contribution is -0.178. The van der Waals surface area contributed by atoms with E-state index in [-0.39, 0.29) is 27.8 Å². The molecule has 0 bridgehead atoms. The molecule has 0 aromatic heterocycles. The maximum absolute atomic E-state index is 12.4. The number of rotatable bonds is 0. The Morgan fingerprint density at radius 3 is 2.78 bits per heavy atom. The van der Waals surface area contributed by atoms with Crippen LogP contribution in [0.3, 0.4) is 0 Å². The van der Waals surface area contributed by atoms with Gasteiger partial charge in [-0.1, -0.05) is 18.6 Å². The number of hydrogen-bond donors (Lipinski definition) is 1. The van der Waals surface area contributed by atoms with Gasteiger partial charge in [0, 0.05) is 10.7 Å². The molecular weight excluding hydrogens is 308 g/mol. The third-order valence-electron chi connectivity index (χ3n) is 7.10. The van der Waals surface area contributed by atoms with Crippen molar-refractivity contribution in [1.82, 2.24) is 0 Å². The smallest absolute Gasteiger partial charge is 0.312 e. The molecule has 0 N–H and O–H groups in total. The summed E-state index contributed by atoms with van der Waals surface area (Å²) in [5.41, 5.74) is 0.820. The third-order valence-corrected chi connectivity index (χ3v) is 7.62. The number of ketones is 1. The number of esters is 1. The van der Waals surface area contributed by atoms with Crippen molar-refractivity contribution in [3.63, 3.8) is 0 Å². The first-order valence-electron chi connectivity index (χ1n) is 8.66. The summed E-state index contributed by atoms with van der Waals surface area (Å²) < 4.78 is 5.38. The van der Waals surface area contributed by atoms with Gasteiger partial charge in [-0.3, -0.25) is 9.59 Å². The Kier molecular flexibility index (Phi) is 3.36. The molecule has 4 aliphatic rings. The average Bonchev–Trinajstić information content (AvgIpc) is 2.50. The molecule has 1 heterocycles. The van der Waals surface area contributed by atoms with Gasteiger partial charge in [-0.05, 0) is 62.5 Å². The van der Waals surface area contributed by atoms with Gasteiger partial charge < -0.3 is 4.74 Å². The number of cyclic esters (lactones) is 1. The van der Waals surface area contributed by atoms with Gasteiger partial charge in [-0.2, -0.15) is 12.6 Å². The predicted octanol–water partition coefficient (Wildman–Crippen LogP) is 3.36. The number of ether oxygens (including phenoxy) is 1. The minimum absolute atomic E-state index is 0.0198. The molecule has 0 spiro atoms. The van der Waals surface area contributed by atoms with Crippen LogP contribution in [-0.2, 0) is 14.3 Å². The summed E-state index contributed by atoms with van der Waals surface area (Å²) >= 11 is 4.92. The summed E-state index contributed by atoms with van der Waals surface area (Å²) in [5.74, 6) is 1.28. The summed E-state index contributed by atoms with van der Waals surface area (Å²) in [7, 11) is 0. The Morgan fingerprint density at radius 2 is 2.00 bits per heavy atom. The van der Waals surface area contributed by atoms with Gasteiger partial charge >= 0.3 is 5.97 Å². The quantitative estimate of drug-likeness (QED) is 0.546. The van der Waals surface area contributed by atoms with Crippen molar-refractivity contribution < 1.29 is 14.3 Å². The highest BCUT2D eigenvalue weighted by Crippen LogP contribution is 2.62. The molecule has 1 aliphatic heterocycles. The zero-order valence-electron chi connectivity index (χ0n) is 13.7. The van der Waals surface area contributed by atoms with E-state index in [0.29, 0.717) is 24.4 Å². The van der Waals surface area contributed by atoms with Crippen LogP contribution in [0, 0.1) is 28.6 Å². The summed E-state index contributed by atoms with van der Waals surface area (Å²) in [6.07, 6.45) is 9.33. The molecule has 6 atom stereocenters. The molecule has 23 heavy (non-hydrogen) atoms. The van der Waals surface area contributed by atoms with Crippen molar-refractivity contribution in [3.8, 4) is 0 Å². The van der Waals surface area contributed by atoms with Crippen LogP contribution >= 0.6 is 12.6 Å². The monoisotopic (exact) mass is 332 g/mol. The fourth-order valence-electron chi connectivity index (χ4n) is 5.72. The normalized spacial score (nSPS) is 48.7. The van der Waals surface area contributed by atoms with Crippen LogP contribution in [0.2, 0.25) is 0 Å². The predicted molar refractivity (Wildman–Crippen MR) is 91.1 cm³/mol. The number of carbonyl (C=O) groups excluding carboxylic acids is 2. The molecule has 124 valence electrons. The fourth-order valence-corrected chi connectivity index (χ4v) is 6.33. The largest absolute Gasteiger partial charge is 0.465 e.